The SMILES string of the molecule is CCC1CNCC(c2cccc3ccccc23)O1. The van der Waals surface area contributed by atoms with Crippen LogP contribution in [0.3, 0.4) is 0 Å². The molecule has 1 saturated heterocycles. The van der Waals surface area contributed by atoms with E-state index in [4.69, 9.17) is 4.74 Å². The molecular formula is C16H19NO. The zero-order chi connectivity index (χ0) is 12.4. The first kappa shape index (κ1) is 11.7. The molecule has 0 radical (unpaired) electrons. The lowest BCUT2D eigenvalue weighted by Crippen LogP contribution is -2.40. The minimum Gasteiger partial charge on any atom is -0.368 e. The molecule has 3 rings (SSSR count). The van der Waals surface area contributed by atoms with Crippen LogP contribution in [0.2, 0.25) is 0 Å². The Balaban J connectivity index is 1.98. The Morgan fingerprint density at radius 3 is 2.83 bits per heavy atom. The van der Waals surface area contributed by atoms with Gasteiger partial charge in [0.1, 0.15) is 0 Å². The van der Waals surface area contributed by atoms with Crippen molar-refractivity contribution in [1.29, 1.82) is 0 Å². The van der Waals surface area contributed by atoms with Gasteiger partial charge < -0.3 is 10.1 Å². The number of rotatable bonds is 2. The van der Waals surface area contributed by atoms with Crippen LogP contribution in [0.5, 0.6) is 0 Å². The zero-order valence-corrected chi connectivity index (χ0v) is 10.7. The summed E-state index contributed by atoms with van der Waals surface area (Å²) in [6.45, 7) is 4.06. The number of nitrogens with one attached hydrogen (secondary N) is 1. The van der Waals surface area contributed by atoms with E-state index in [0.29, 0.717) is 6.10 Å². The van der Waals surface area contributed by atoms with Crippen LogP contribution in [0.1, 0.15) is 25.0 Å². The third-order valence-corrected chi connectivity index (χ3v) is 3.68. The first-order chi connectivity index (χ1) is 8.88. The molecule has 2 unspecified atom stereocenters. The Morgan fingerprint density at radius 1 is 1.11 bits per heavy atom. The Labute approximate surface area is 108 Å². The lowest BCUT2D eigenvalue weighted by atomic mass is 9.99. The molecule has 1 heterocycles. The van der Waals surface area contributed by atoms with Crippen molar-refractivity contribution in [3.05, 3.63) is 48.0 Å². The minimum absolute atomic E-state index is 0.176. The molecule has 1 N–H and O–H groups in total. The zero-order valence-electron chi connectivity index (χ0n) is 10.7. The Hall–Kier alpha value is -1.38. The summed E-state index contributed by atoms with van der Waals surface area (Å²) in [4.78, 5) is 0. The summed E-state index contributed by atoms with van der Waals surface area (Å²) < 4.78 is 6.17. The second-order valence-electron chi connectivity index (χ2n) is 4.88. The van der Waals surface area contributed by atoms with Crippen molar-refractivity contribution in [3.63, 3.8) is 0 Å². The number of hydrogen-bond donors (Lipinski definition) is 1. The lowest BCUT2D eigenvalue weighted by molar-refractivity contribution is -0.0392. The Bertz CT molecular complexity index is 532. The van der Waals surface area contributed by atoms with E-state index in [1.54, 1.807) is 0 Å². The average molecular weight is 241 g/mol. The first-order valence-corrected chi connectivity index (χ1v) is 6.72. The quantitative estimate of drug-likeness (QED) is 0.871. The van der Waals surface area contributed by atoms with E-state index in [1.165, 1.54) is 16.3 Å². The maximum atomic E-state index is 6.17. The normalized spacial score (nSPS) is 24.3. The summed E-state index contributed by atoms with van der Waals surface area (Å²) in [5.74, 6) is 0. The molecule has 0 saturated carbocycles. The molecule has 0 bridgehead atoms. The average Bonchev–Trinajstić information content (AvgIpc) is 2.47. The van der Waals surface area contributed by atoms with Crippen LogP contribution >= 0.6 is 0 Å². The van der Waals surface area contributed by atoms with Gasteiger partial charge in [-0.05, 0) is 22.8 Å². The van der Waals surface area contributed by atoms with Gasteiger partial charge in [0.05, 0.1) is 12.2 Å². The van der Waals surface area contributed by atoms with Crippen LogP contribution in [0, 0.1) is 0 Å². The lowest BCUT2D eigenvalue weighted by Gasteiger charge is -2.31. The van der Waals surface area contributed by atoms with Crippen LogP contribution in [0.4, 0.5) is 0 Å². The fraction of sp³-hybridized carbons (Fsp3) is 0.375. The third-order valence-electron chi connectivity index (χ3n) is 3.68. The molecule has 0 spiro atoms. The van der Waals surface area contributed by atoms with Gasteiger partial charge in [0.25, 0.3) is 0 Å². The van der Waals surface area contributed by atoms with Crippen molar-refractivity contribution in [2.75, 3.05) is 13.1 Å². The maximum Gasteiger partial charge on any atom is 0.0959 e. The summed E-state index contributed by atoms with van der Waals surface area (Å²) in [5.41, 5.74) is 1.30. The van der Waals surface area contributed by atoms with Crippen molar-refractivity contribution in [3.8, 4) is 0 Å². The van der Waals surface area contributed by atoms with Crippen molar-refractivity contribution < 1.29 is 4.74 Å². The van der Waals surface area contributed by atoms with Crippen LogP contribution in [-0.4, -0.2) is 19.2 Å². The molecule has 0 amide bonds. The monoisotopic (exact) mass is 241 g/mol. The highest BCUT2D eigenvalue weighted by atomic mass is 16.5. The summed E-state index contributed by atoms with van der Waals surface area (Å²) in [6, 6.07) is 15.0. The maximum absolute atomic E-state index is 6.17. The molecule has 1 aliphatic rings. The van der Waals surface area contributed by atoms with E-state index in [2.05, 4.69) is 54.7 Å². The van der Waals surface area contributed by atoms with Crippen LogP contribution in [-0.2, 0) is 4.74 Å². The van der Waals surface area contributed by atoms with E-state index in [1.807, 2.05) is 0 Å². The van der Waals surface area contributed by atoms with Crippen molar-refractivity contribution >= 4 is 10.8 Å². The van der Waals surface area contributed by atoms with E-state index < -0.39 is 0 Å². The number of fused-ring (bicyclic) bond motifs is 1. The summed E-state index contributed by atoms with van der Waals surface area (Å²) in [5, 5.41) is 6.07. The van der Waals surface area contributed by atoms with Gasteiger partial charge in [0.2, 0.25) is 0 Å². The summed E-state index contributed by atoms with van der Waals surface area (Å²) in [6.07, 6.45) is 1.58. The fourth-order valence-electron chi connectivity index (χ4n) is 2.66. The van der Waals surface area contributed by atoms with Gasteiger partial charge in [0.15, 0.2) is 0 Å². The number of morpholine rings is 1. The fourth-order valence-corrected chi connectivity index (χ4v) is 2.66. The van der Waals surface area contributed by atoms with Crippen molar-refractivity contribution in [1.82, 2.24) is 5.32 Å². The largest absolute Gasteiger partial charge is 0.368 e. The van der Waals surface area contributed by atoms with E-state index in [-0.39, 0.29) is 6.10 Å². The Kier molecular flexibility index (Phi) is 3.31. The molecule has 18 heavy (non-hydrogen) atoms. The van der Waals surface area contributed by atoms with Crippen LogP contribution in [0.15, 0.2) is 42.5 Å². The molecule has 2 atom stereocenters. The predicted molar refractivity (Wildman–Crippen MR) is 74.7 cm³/mol. The number of hydrogen-bond acceptors (Lipinski definition) is 2. The summed E-state index contributed by atoms with van der Waals surface area (Å²) >= 11 is 0. The first-order valence-electron chi connectivity index (χ1n) is 6.72. The van der Waals surface area contributed by atoms with E-state index in [0.717, 1.165) is 19.5 Å². The molecule has 1 aliphatic heterocycles. The minimum atomic E-state index is 0.176. The summed E-state index contributed by atoms with van der Waals surface area (Å²) in [7, 11) is 0. The predicted octanol–water partition coefficient (Wildman–Crippen LogP) is 3.28. The van der Waals surface area contributed by atoms with E-state index in [9.17, 15) is 0 Å². The van der Waals surface area contributed by atoms with Gasteiger partial charge in [-0.25, -0.2) is 0 Å². The molecule has 1 fully saturated rings. The molecule has 94 valence electrons. The van der Waals surface area contributed by atoms with Gasteiger partial charge in [-0.1, -0.05) is 49.4 Å². The highest BCUT2D eigenvalue weighted by molar-refractivity contribution is 5.86. The van der Waals surface area contributed by atoms with Gasteiger partial charge in [-0.3, -0.25) is 0 Å². The van der Waals surface area contributed by atoms with Crippen LogP contribution in [0.25, 0.3) is 10.8 Å². The number of benzene rings is 2. The topological polar surface area (TPSA) is 21.3 Å². The Morgan fingerprint density at radius 2 is 1.94 bits per heavy atom. The van der Waals surface area contributed by atoms with Gasteiger partial charge in [-0.15, -0.1) is 0 Å². The molecular weight excluding hydrogens is 222 g/mol. The third kappa shape index (κ3) is 2.14. The highest BCUT2D eigenvalue weighted by Crippen LogP contribution is 2.29. The second-order valence-corrected chi connectivity index (χ2v) is 4.88. The van der Waals surface area contributed by atoms with Crippen LogP contribution < -0.4 is 5.32 Å². The molecule has 0 aliphatic carbocycles. The van der Waals surface area contributed by atoms with Crippen molar-refractivity contribution in [2.24, 2.45) is 0 Å². The molecule has 2 heteroatoms. The number of ether oxygens (including phenoxy) is 1. The van der Waals surface area contributed by atoms with Gasteiger partial charge in [0, 0.05) is 13.1 Å². The molecule has 2 nitrogen and oxygen atoms in total. The smallest absolute Gasteiger partial charge is 0.0959 e. The van der Waals surface area contributed by atoms with Gasteiger partial charge >= 0.3 is 0 Å². The molecule has 2 aromatic carbocycles. The molecule has 2 aromatic rings. The second kappa shape index (κ2) is 5.09. The van der Waals surface area contributed by atoms with E-state index >= 15 is 0 Å². The van der Waals surface area contributed by atoms with Crippen molar-refractivity contribution in [2.45, 2.75) is 25.6 Å². The highest BCUT2D eigenvalue weighted by Gasteiger charge is 2.23. The standard InChI is InChI=1S/C16H19NO/c1-2-13-10-17-11-16(18-13)15-9-5-7-12-6-3-4-8-14(12)15/h3-9,13,16-17H,2,10-11H2,1H3. The van der Waals surface area contributed by atoms with Gasteiger partial charge in [-0.2, -0.15) is 0 Å². The molecule has 0 aromatic heterocycles.